The highest BCUT2D eigenvalue weighted by atomic mass is 16.5. The Labute approximate surface area is 89.1 Å². The van der Waals surface area contributed by atoms with E-state index in [0.29, 0.717) is 18.5 Å². The first-order chi connectivity index (χ1) is 7.40. The van der Waals surface area contributed by atoms with Gasteiger partial charge >= 0.3 is 0 Å². The molecule has 1 aromatic rings. The molecule has 0 aliphatic heterocycles. The molecule has 15 heavy (non-hydrogen) atoms. The third kappa shape index (κ3) is 2.76. The molecule has 5 heteroatoms. The second-order valence-electron chi connectivity index (χ2n) is 3.88. The molecule has 1 aromatic heterocycles. The van der Waals surface area contributed by atoms with Crippen LogP contribution in [0.15, 0.2) is 6.33 Å². The van der Waals surface area contributed by atoms with Crippen molar-refractivity contribution in [3.63, 3.8) is 0 Å². The van der Waals surface area contributed by atoms with Crippen LogP contribution in [0.2, 0.25) is 0 Å². The molecule has 0 bridgehead atoms. The predicted octanol–water partition coefficient (Wildman–Crippen LogP) is 0.730. The molecule has 1 heterocycles. The van der Waals surface area contributed by atoms with Gasteiger partial charge in [-0.3, -0.25) is 0 Å². The van der Waals surface area contributed by atoms with E-state index in [4.69, 9.17) is 9.84 Å². The van der Waals surface area contributed by atoms with Crippen molar-refractivity contribution < 1.29 is 9.84 Å². The van der Waals surface area contributed by atoms with Crippen LogP contribution in [0.25, 0.3) is 0 Å². The summed E-state index contributed by atoms with van der Waals surface area (Å²) in [5, 5.41) is 16.5. The molecule has 0 spiro atoms. The molecule has 1 N–H and O–H groups in total. The number of ether oxygens (including phenoxy) is 1. The first kappa shape index (κ1) is 10.6. The second kappa shape index (κ2) is 5.23. The lowest BCUT2D eigenvalue weighted by molar-refractivity contribution is 0.0521. The van der Waals surface area contributed by atoms with Crippen LogP contribution >= 0.6 is 0 Å². The van der Waals surface area contributed by atoms with E-state index in [1.54, 1.807) is 6.33 Å². The molecule has 0 unspecified atom stereocenters. The Morgan fingerprint density at radius 2 is 2.27 bits per heavy atom. The molecule has 0 aromatic carbocycles. The van der Waals surface area contributed by atoms with E-state index in [-0.39, 0.29) is 6.61 Å². The summed E-state index contributed by atoms with van der Waals surface area (Å²) in [5.41, 5.74) is 0. The summed E-state index contributed by atoms with van der Waals surface area (Å²) in [7, 11) is 0. The van der Waals surface area contributed by atoms with Gasteiger partial charge in [0.05, 0.1) is 12.7 Å². The number of hydrogen-bond acceptors (Lipinski definition) is 4. The smallest absolute Gasteiger partial charge is 0.158 e. The standard InChI is InChI=1S/C10H17N3O2/c14-7-10-12-11-8-13(10)5-6-15-9-3-1-2-4-9/h8-9,14H,1-7H2. The Kier molecular flexibility index (Phi) is 3.69. The normalized spacial score (nSPS) is 17.4. The fourth-order valence-corrected chi connectivity index (χ4v) is 1.96. The van der Waals surface area contributed by atoms with Crippen molar-refractivity contribution in [2.75, 3.05) is 6.61 Å². The van der Waals surface area contributed by atoms with Crippen LogP contribution in [0.3, 0.4) is 0 Å². The molecule has 84 valence electrons. The summed E-state index contributed by atoms with van der Waals surface area (Å²) in [4.78, 5) is 0. The Hall–Kier alpha value is -0.940. The lowest BCUT2D eigenvalue weighted by atomic mass is 10.3. The molecule has 1 aliphatic carbocycles. The number of nitrogens with zero attached hydrogens (tertiary/aromatic N) is 3. The Balaban J connectivity index is 1.73. The maximum absolute atomic E-state index is 8.95. The predicted molar refractivity (Wildman–Crippen MR) is 54.2 cm³/mol. The monoisotopic (exact) mass is 211 g/mol. The van der Waals surface area contributed by atoms with Crippen LogP contribution in [-0.4, -0.2) is 32.6 Å². The van der Waals surface area contributed by atoms with Crippen LogP contribution in [0.1, 0.15) is 31.5 Å². The van der Waals surface area contributed by atoms with E-state index in [0.717, 1.165) is 6.54 Å². The van der Waals surface area contributed by atoms with Crippen molar-refractivity contribution >= 4 is 0 Å². The summed E-state index contributed by atoms with van der Waals surface area (Å²) in [5.74, 6) is 0.602. The van der Waals surface area contributed by atoms with Crippen LogP contribution in [0.4, 0.5) is 0 Å². The Morgan fingerprint density at radius 1 is 1.47 bits per heavy atom. The molecule has 1 saturated carbocycles. The molecule has 1 fully saturated rings. The van der Waals surface area contributed by atoms with Gasteiger partial charge in [0.25, 0.3) is 0 Å². The third-order valence-electron chi connectivity index (χ3n) is 2.83. The fourth-order valence-electron chi connectivity index (χ4n) is 1.96. The lowest BCUT2D eigenvalue weighted by Crippen LogP contribution is -2.14. The van der Waals surface area contributed by atoms with Gasteiger partial charge in [-0.05, 0) is 12.8 Å². The molecule has 0 radical (unpaired) electrons. The van der Waals surface area contributed by atoms with E-state index in [1.807, 2.05) is 4.57 Å². The molecule has 2 rings (SSSR count). The van der Waals surface area contributed by atoms with Crippen LogP contribution in [-0.2, 0) is 17.9 Å². The first-order valence-corrected chi connectivity index (χ1v) is 5.49. The number of aliphatic hydroxyl groups is 1. The minimum absolute atomic E-state index is 0.0660. The maximum Gasteiger partial charge on any atom is 0.158 e. The van der Waals surface area contributed by atoms with Gasteiger partial charge in [0, 0.05) is 6.54 Å². The third-order valence-corrected chi connectivity index (χ3v) is 2.83. The average molecular weight is 211 g/mol. The van der Waals surface area contributed by atoms with Gasteiger partial charge in [-0.2, -0.15) is 0 Å². The maximum atomic E-state index is 8.95. The van der Waals surface area contributed by atoms with Gasteiger partial charge < -0.3 is 14.4 Å². The zero-order valence-electron chi connectivity index (χ0n) is 8.80. The summed E-state index contributed by atoms with van der Waals surface area (Å²) in [6.45, 7) is 1.33. The van der Waals surface area contributed by atoms with Crippen molar-refractivity contribution in [3.05, 3.63) is 12.2 Å². The Morgan fingerprint density at radius 3 is 3.00 bits per heavy atom. The van der Waals surface area contributed by atoms with Crippen molar-refractivity contribution in [1.29, 1.82) is 0 Å². The van der Waals surface area contributed by atoms with Gasteiger partial charge in [0.1, 0.15) is 12.9 Å². The molecule has 0 saturated heterocycles. The molecular formula is C10H17N3O2. The van der Waals surface area contributed by atoms with E-state index in [9.17, 15) is 0 Å². The molecule has 0 amide bonds. The topological polar surface area (TPSA) is 60.2 Å². The average Bonchev–Trinajstić information content (AvgIpc) is 2.88. The highest BCUT2D eigenvalue weighted by Crippen LogP contribution is 2.20. The van der Waals surface area contributed by atoms with Gasteiger partial charge in [-0.25, -0.2) is 0 Å². The quantitative estimate of drug-likeness (QED) is 0.780. The first-order valence-electron chi connectivity index (χ1n) is 5.49. The summed E-state index contributed by atoms with van der Waals surface area (Å²) >= 11 is 0. The lowest BCUT2D eigenvalue weighted by Gasteiger charge is -2.11. The van der Waals surface area contributed by atoms with Gasteiger partial charge in [0.2, 0.25) is 0 Å². The van der Waals surface area contributed by atoms with Crippen molar-refractivity contribution in [2.24, 2.45) is 0 Å². The van der Waals surface area contributed by atoms with Crippen LogP contribution < -0.4 is 0 Å². The van der Waals surface area contributed by atoms with Crippen molar-refractivity contribution in [2.45, 2.75) is 44.9 Å². The molecule has 0 atom stereocenters. The minimum Gasteiger partial charge on any atom is -0.388 e. The summed E-state index contributed by atoms with van der Waals surface area (Å²) in [6.07, 6.45) is 7.03. The summed E-state index contributed by atoms with van der Waals surface area (Å²) < 4.78 is 7.55. The van der Waals surface area contributed by atoms with Crippen molar-refractivity contribution in [1.82, 2.24) is 14.8 Å². The van der Waals surface area contributed by atoms with Crippen molar-refractivity contribution in [3.8, 4) is 0 Å². The number of rotatable bonds is 5. The SMILES string of the molecule is OCc1nncn1CCOC1CCCC1. The Bertz CT molecular complexity index is 295. The largest absolute Gasteiger partial charge is 0.388 e. The molecule has 5 nitrogen and oxygen atoms in total. The van der Waals surface area contributed by atoms with Gasteiger partial charge in [0.15, 0.2) is 5.82 Å². The zero-order valence-corrected chi connectivity index (χ0v) is 8.80. The zero-order chi connectivity index (χ0) is 10.5. The van der Waals surface area contributed by atoms with E-state index >= 15 is 0 Å². The minimum atomic E-state index is -0.0660. The number of hydrogen-bond donors (Lipinski definition) is 1. The van der Waals surface area contributed by atoms with Gasteiger partial charge in [-0.1, -0.05) is 12.8 Å². The van der Waals surface area contributed by atoms with E-state index in [2.05, 4.69) is 10.2 Å². The van der Waals surface area contributed by atoms with Crippen LogP contribution in [0.5, 0.6) is 0 Å². The van der Waals surface area contributed by atoms with Gasteiger partial charge in [-0.15, -0.1) is 10.2 Å². The second-order valence-corrected chi connectivity index (χ2v) is 3.88. The fraction of sp³-hybridized carbons (Fsp3) is 0.800. The van der Waals surface area contributed by atoms with E-state index < -0.39 is 0 Å². The highest BCUT2D eigenvalue weighted by Gasteiger charge is 2.15. The molecule has 1 aliphatic rings. The van der Waals surface area contributed by atoms with Crippen LogP contribution in [0, 0.1) is 0 Å². The number of aliphatic hydroxyl groups excluding tert-OH is 1. The molecular weight excluding hydrogens is 194 g/mol. The number of aromatic nitrogens is 3. The highest BCUT2D eigenvalue weighted by molar-refractivity contribution is 4.82. The van der Waals surface area contributed by atoms with E-state index in [1.165, 1.54) is 25.7 Å². The summed E-state index contributed by atoms with van der Waals surface area (Å²) in [6, 6.07) is 0.